The fraction of sp³-hybridized carbons (Fsp3) is 0.267. The number of carbonyl (C=O) groups is 1. The van der Waals surface area contributed by atoms with Gasteiger partial charge in [-0.05, 0) is 24.6 Å². The highest BCUT2D eigenvalue weighted by atomic mass is 19.1. The van der Waals surface area contributed by atoms with Crippen molar-refractivity contribution in [3.8, 4) is 0 Å². The van der Waals surface area contributed by atoms with E-state index in [1.165, 1.54) is 11.0 Å². The molecule has 0 saturated heterocycles. The maximum absolute atomic E-state index is 13.4. The Morgan fingerprint density at radius 2 is 2.10 bits per heavy atom. The molecule has 0 aliphatic heterocycles. The summed E-state index contributed by atoms with van der Waals surface area (Å²) in [6.07, 6.45) is 5.17. The maximum Gasteiger partial charge on any atom is 0.261 e. The highest BCUT2D eigenvalue weighted by Gasteiger charge is 2.19. The minimum Gasteiger partial charge on any atom is -0.369 e. The summed E-state index contributed by atoms with van der Waals surface area (Å²) in [6.45, 7) is 2.67. The number of nitrogens with one attached hydrogen (secondary N) is 1. The summed E-state index contributed by atoms with van der Waals surface area (Å²) in [6, 6.07) is 4.62. The van der Waals surface area contributed by atoms with Gasteiger partial charge in [0, 0.05) is 31.7 Å². The van der Waals surface area contributed by atoms with Crippen LogP contribution in [-0.2, 0) is 0 Å². The van der Waals surface area contributed by atoms with Gasteiger partial charge in [-0.25, -0.2) is 9.37 Å². The number of hydrogen-bond acceptors (Lipinski definition) is 4. The van der Waals surface area contributed by atoms with Crippen LogP contribution < -0.4 is 10.2 Å². The molecule has 0 bridgehead atoms. The first-order valence-electron chi connectivity index (χ1n) is 6.71. The Hall–Kier alpha value is -2.50. The van der Waals surface area contributed by atoms with Crippen molar-refractivity contribution in [1.82, 2.24) is 9.97 Å². The molecule has 1 N–H and O–H groups in total. The lowest BCUT2D eigenvalue weighted by Gasteiger charge is -2.19. The van der Waals surface area contributed by atoms with Gasteiger partial charge >= 0.3 is 0 Å². The van der Waals surface area contributed by atoms with E-state index in [-0.39, 0.29) is 11.5 Å². The van der Waals surface area contributed by atoms with E-state index in [1.54, 1.807) is 31.6 Å². The smallest absolute Gasteiger partial charge is 0.261 e. The highest BCUT2D eigenvalue weighted by molar-refractivity contribution is 6.08. The van der Waals surface area contributed by atoms with E-state index in [0.717, 1.165) is 12.6 Å². The lowest BCUT2D eigenvalue weighted by Crippen LogP contribution is -2.27. The second-order valence-electron chi connectivity index (χ2n) is 4.55. The number of rotatable bonds is 5. The number of aromatic nitrogens is 2. The zero-order valence-corrected chi connectivity index (χ0v) is 12.0. The van der Waals surface area contributed by atoms with Gasteiger partial charge in [-0.3, -0.25) is 9.78 Å². The summed E-state index contributed by atoms with van der Waals surface area (Å²) in [5.41, 5.74) is 0.892. The van der Waals surface area contributed by atoms with Gasteiger partial charge in [-0.2, -0.15) is 0 Å². The molecular formula is C15H17FN4O. The zero-order chi connectivity index (χ0) is 15.2. The minimum absolute atomic E-state index is 0.211. The SMILES string of the molecule is CCCNc1ncc(F)cc1C(=O)N(C)c1ccncc1. The third-order valence-corrected chi connectivity index (χ3v) is 2.98. The third-order valence-electron chi connectivity index (χ3n) is 2.98. The molecule has 0 unspecified atom stereocenters. The summed E-state index contributed by atoms with van der Waals surface area (Å²) >= 11 is 0. The van der Waals surface area contributed by atoms with Gasteiger partial charge in [-0.1, -0.05) is 6.92 Å². The van der Waals surface area contributed by atoms with Crippen LogP contribution >= 0.6 is 0 Å². The molecule has 0 saturated carbocycles. The predicted molar refractivity (Wildman–Crippen MR) is 79.9 cm³/mol. The van der Waals surface area contributed by atoms with Crippen molar-refractivity contribution in [3.05, 3.63) is 48.2 Å². The van der Waals surface area contributed by atoms with Crippen LogP contribution in [0.2, 0.25) is 0 Å². The second kappa shape index (κ2) is 6.78. The molecule has 2 aromatic rings. The summed E-state index contributed by atoms with van der Waals surface area (Å²) in [4.78, 5) is 21.9. The number of nitrogens with zero attached hydrogens (tertiary/aromatic N) is 3. The molecule has 0 aromatic carbocycles. The fourth-order valence-electron chi connectivity index (χ4n) is 1.85. The molecule has 110 valence electrons. The van der Waals surface area contributed by atoms with E-state index in [1.807, 2.05) is 6.92 Å². The van der Waals surface area contributed by atoms with Gasteiger partial charge in [0.2, 0.25) is 0 Å². The van der Waals surface area contributed by atoms with Crippen molar-refractivity contribution in [3.63, 3.8) is 0 Å². The van der Waals surface area contributed by atoms with E-state index < -0.39 is 5.82 Å². The summed E-state index contributed by atoms with van der Waals surface area (Å²) in [5.74, 6) is -0.473. The number of hydrogen-bond donors (Lipinski definition) is 1. The van der Waals surface area contributed by atoms with E-state index >= 15 is 0 Å². The Bertz CT molecular complexity index is 618. The van der Waals surface area contributed by atoms with Crippen molar-refractivity contribution in [2.45, 2.75) is 13.3 Å². The first-order chi connectivity index (χ1) is 10.1. The first-order valence-corrected chi connectivity index (χ1v) is 6.71. The predicted octanol–water partition coefficient (Wildman–Crippen LogP) is 2.71. The molecule has 0 radical (unpaired) electrons. The molecule has 5 nitrogen and oxygen atoms in total. The van der Waals surface area contributed by atoms with E-state index in [2.05, 4.69) is 15.3 Å². The molecular weight excluding hydrogens is 271 g/mol. The molecule has 1 amide bonds. The number of pyridine rings is 2. The molecule has 0 fully saturated rings. The molecule has 0 spiro atoms. The van der Waals surface area contributed by atoms with Crippen LogP contribution in [0.15, 0.2) is 36.8 Å². The fourth-order valence-corrected chi connectivity index (χ4v) is 1.85. The molecule has 6 heteroatoms. The quantitative estimate of drug-likeness (QED) is 0.919. The number of halogens is 1. The van der Waals surface area contributed by atoms with Crippen LogP contribution in [0.1, 0.15) is 23.7 Å². The maximum atomic E-state index is 13.4. The lowest BCUT2D eigenvalue weighted by molar-refractivity contribution is 0.0993. The van der Waals surface area contributed by atoms with Crippen molar-refractivity contribution >= 4 is 17.4 Å². The van der Waals surface area contributed by atoms with Gasteiger partial charge in [0.15, 0.2) is 0 Å². The Balaban J connectivity index is 2.31. The number of amides is 1. The van der Waals surface area contributed by atoms with Crippen molar-refractivity contribution in [2.75, 3.05) is 23.8 Å². The van der Waals surface area contributed by atoms with Crippen molar-refractivity contribution < 1.29 is 9.18 Å². The first kappa shape index (κ1) is 14.9. The molecule has 2 rings (SSSR count). The minimum atomic E-state index is -0.538. The number of anilines is 2. The Kier molecular flexibility index (Phi) is 4.81. The number of carbonyl (C=O) groups excluding carboxylic acids is 1. The average molecular weight is 288 g/mol. The Morgan fingerprint density at radius 1 is 1.38 bits per heavy atom. The van der Waals surface area contributed by atoms with Crippen LogP contribution in [0.5, 0.6) is 0 Å². The van der Waals surface area contributed by atoms with Gasteiger partial charge in [0.1, 0.15) is 11.6 Å². The van der Waals surface area contributed by atoms with E-state index in [0.29, 0.717) is 18.1 Å². The summed E-state index contributed by atoms with van der Waals surface area (Å²) in [5, 5.41) is 3.04. The van der Waals surface area contributed by atoms with Crippen LogP contribution in [0.25, 0.3) is 0 Å². The van der Waals surface area contributed by atoms with E-state index in [4.69, 9.17) is 0 Å². The van der Waals surface area contributed by atoms with Gasteiger partial charge in [0.25, 0.3) is 5.91 Å². The second-order valence-corrected chi connectivity index (χ2v) is 4.55. The van der Waals surface area contributed by atoms with Crippen LogP contribution in [-0.4, -0.2) is 29.5 Å². The Morgan fingerprint density at radius 3 is 2.76 bits per heavy atom. The summed E-state index contributed by atoms with van der Waals surface area (Å²) < 4.78 is 13.4. The molecule has 21 heavy (non-hydrogen) atoms. The third kappa shape index (κ3) is 3.53. The average Bonchev–Trinajstić information content (AvgIpc) is 2.53. The normalized spacial score (nSPS) is 10.2. The topological polar surface area (TPSA) is 58.1 Å². The van der Waals surface area contributed by atoms with E-state index in [9.17, 15) is 9.18 Å². The molecule has 2 heterocycles. The van der Waals surface area contributed by atoms with Gasteiger partial charge in [0.05, 0.1) is 11.8 Å². The van der Waals surface area contributed by atoms with Crippen molar-refractivity contribution in [2.24, 2.45) is 0 Å². The van der Waals surface area contributed by atoms with Crippen LogP contribution in [0.3, 0.4) is 0 Å². The summed E-state index contributed by atoms with van der Waals surface area (Å²) in [7, 11) is 1.63. The molecule has 0 aliphatic rings. The monoisotopic (exact) mass is 288 g/mol. The van der Waals surface area contributed by atoms with Crippen LogP contribution in [0, 0.1) is 5.82 Å². The molecule has 2 aromatic heterocycles. The molecule has 0 aliphatic carbocycles. The molecule has 0 atom stereocenters. The van der Waals surface area contributed by atoms with Gasteiger partial charge < -0.3 is 10.2 Å². The largest absolute Gasteiger partial charge is 0.369 e. The van der Waals surface area contributed by atoms with Crippen LogP contribution in [0.4, 0.5) is 15.9 Å². The van der Waals surface area contributed by atoms with Crippen molar-refractivity contribution in [1.29, 1.82) is 0 Å². The zero-order valence-electron chi connectivity index (χ0n) is 12.0. The van der Waals surface area contributed by atoms with Gasteiger partial charge in [-0.15, -0.1) is 0 Å². The Labute approximate surface area is 122 Å². The highest BCUT2D eigenvalue weighted by Crippen LogP contribution is 2.19. The standard InChI is InChI=1S/C15H17FN4O/c1-3-6-18-14-13(9-11(16)10-19-14)15(21)20(2)12-4-7-17-8-5-12/h4-5,7-10H,3,6H2,1-2H3,(H,18,19). The lowest BCUT2D eigenvalue weighted by atomic mass is 10.2.